The molecule has 0 unspecified atom stereocenters. The molecule has 5 rings (SSSR count). The lowest BCUT2D eigenvalue weighted by atomic mass is 9.52. The Balaban J connectivity index is 1.90. The van der Waals surface area contributed by atoms with Gasteiger partial charge in [-0.3, -0.25) is 9.36 Å². The minimum absolute atomic E-state index is 0.0623. The number of phenolic OH excluding ortho intramolecular Hbond substituents is 1. The predicted molar refractivity (Wildman–Crippen MR) is 93.3 cm³/mol. The third kappa shape index (κ3) is 1.55. The fourth-order valence-electron chi connectivity index (χ4n) is 6.13. The summed E-state index contributed by atoms with van der Waals surface area (Å²) in [6.07, 6.45) is 5.87. The van der Waals surface area contributed by atoms with E-state index < -0.39 is 0 Å². The quantitative estimate of drug-likeness (QED) is 0.843. The number of aromatic nitrogens is 1. The number of carbonyl (C=O) groups is 1. The average molecular weight is 324 g/mol. The second kappa shape index (κ2) is 4.63. The molecule has 0 radical (unpaired) electrons. The van der Waals surface area contributed by atoms with Gasteiger partial charge in [-0.2, -0.15) is 0 Å². The van der Waals surface area contributed by atoms with Crippen molar-refractivity contribution in [1.82, 2.24) is 4.57 Å². The van der Waals surface area contributed by atoms with Crippen LogP contribution in [0.15, 0.2) is 18.2 Å². The van der Waals surface area contributed by atoms with Crippen LogP contribution in [0.4, 0.5) is 0 Å². The van der Waals surface area contributed by atoms with Gasteiger partial charge in [-0.05, 0) is 54.7 Å². The number of benzene rings is 1. The number of hydrogen-bond acceptors (Lipinski definition) is 3. The summed E-state index contributed by atoms with van der Waals surface area (Å²) in [6.45, 7) is 2.23. The Hall–Kier alpha value is -1.81. The summed E-state index contributed by atoms with van der Waals surface area (Å²) in [7, 11) is 0. The molecule has 1 aromatic heterocycles. The van der Waals surface area contributed by atoms with Crippen LogP contribution in [-0.4, -0.2) is 21.6 Å². The van der Waals surface area contributed by atoms with Gasteiger partial charge in [0.15, 0.2) is 0 Å². The molecular formula is C20H24N2O2. The van der Waals surface area contributed by atoms with Crippen LogP contribution in [-0.2, 0) is 6.42 Å². The number of aromatic hydroxyl groups is 1. The maximum atomic E-state index is 13.1. The third-order valence-corrected chi connectivity index (χ3v) is 7.15. The van der Waals surface area contributed by atoms with Crippen LogP contribution in [0, 0.1) is 11.3 Å². The molecule has 0 saturated heterocycles. The van der Waals surface area contributed by atoms with Crippen molar-refractivity contribution in [1.29, 1.82) is 0 Å². The van der Waals surface area contributed by atoms with Gasteiger partial charge in [0.2, 0.25) is 5.91 Å². The minimum atomic E-state index is 0.0623. The largest absolute Gasteiger partial charge is 0.507 e. The van der Waals surface area contributed by atoms with E-state index in [4.69, 9.17) is 5.73 Å². The zero-order valence-corrected chi connectivity index (χ0v) is 14.1. The standard InChI is InChI=1S/C20H24N2O2/c1-2-20-8-4-5-11-13(21)9-12-17-14(6-3-7-15(17)23)22(16(24)10-20)19(12)18(11)20/h3,6-7,11,13,18,23H,2,4-5,8-10,21H2,1H3/t11-,13+,18-,20+/m0/s1. The molecular weight excluding hydrogens is 300 g/mol. The minimum Gasteiger partial charge on any atom is -0.507 e. The zero-order valence-electron chi connectivity index (χ0n) is 14.1. The maximum Gasteiger partial charge on any atom is 0.231 e. The van der Waals surface area contributed by atoms with Gasteiger partial charge < -0.3 is 10.8 Å². The highest BCUT2D eigenvalue weighted by molar-refractivity contribution is 6.00. The van der Waals surface area contributed by atoms with Gasteiger partial charge in [0.1, 0.15) is 5.75 Å². The monoisotopic (exact) mass is 324 g/mol. The summed E-state index contributed by atoms with van der Waals surface area (Å²) in [6, 6.07) is 5.65. The lowest BCUT2D eigenvalue weighted by Crippen LogP contribution is -2.52. The highest BCUT2D eigenvalue weighted by Crippen LogP contribution is 2.61. The summed E-state index contributed by atoms with van der Waals surface area (Å²) in [4.78, 5) is 13.1. The highest BCUT2D eigenvalue weighted by atomic mass is 16.3. The molecule has 1 aliphatic heterocycles. The smallest absolute Gasteiger partial charge is 0.231 e. The Labute approximate surface area is 141 Å². The van der Waals surface area contributed by atoms with Crippen molar-refractivity contribution in [3.63, 3.8) is 0 Å². The van der Waals surface area contributed by atoms with E-state index in [9.17, 15) is 9.90 Å². The summed E-state index contributed by atoms with van der Waals surface area (Å²) in [5.74, 6) is 1.30. The first kappa shape index (κ1) is 14.5. The van der Waals surface area contributed by atoms with Gasteiger partial charge in [0.05, 0.1) is 5.52 Å². The van der Waals surface area contributed by atoms with E-state index >= 15 is 0 Å². The van der Waals surface area contributed by atoms with Crippen molar-refractivity contribution in [3.8, 4) is 5.75 Å². The molecule has 126 valence electrons. The van der Waals surface area contributed by atoms with Crippen molar-refractivity contribution < 1.29 is 9.90 Å². The third-order valence-electron chi connectivity index (χ3n) is 7.15. The van der Waals surface area contributed by atoms with Gasteiger partial charge in [-0.25, -0.2) is 0 Å². The molecule has 4 heteroatoms. The zero-order chi connectivity index (χ0) is 16.6. The first-order valence-corrected chi connectivity index (χ1v) is 9.21. The fraction of sp³-hybridized carbons (Fsp3) is 0.550. The molecule has 24 heavy (non-hydrogen) atoms. The predicted octanol–water partition coefficient (Wildman–Crippen LogP) is 3.55. The number of hydrogen-bond donors (Lipinski definition) is 2. The molecule has 2 aromatic rings. The number of carbonyl (C=O) groups excluding carboxylic acids is 1. The van der Waals surface area contributed by atoms with Crippen LogP contribution in [0.1, 0.15) is 61.0 Å². The molecule has 2 aliphatic carbocycles. The number of phenols is 1. The number of nitrogens with zero attached hydrogens (tertiary/aromatic N) is 1. The molecule has 1 aromatic carbocycles. The van der Waals surface area contributed by atoms with E-state index in [0.717, 1.165) is 42.1 Å². The molecule has 0 bridgehead atoms. The molecule has 1 saturated carbocycles. The maximum absolute atomic E-state index is 13.1. The van der Waals surface area contributed by atoms with Crippen LogP contribution in [0.2, 0.25) is 0 Å². The number of rotatable bonds is 1. The van der Waals surface area contributed by atoms with Gasteiger partial charge in [0.25, 0.3) is 0 Å². The molecule has 0 spiro atoms. The Morgan fingerprint density at radius 2 is 2.25 bits per heavy atom. The molecule has 2 heterocycles. The van der Waals surface area contributed by atoms with Crippen LogP contribution >= 0.6 is 0 Å². The summed E-state index contributed by atoms with van der Waals surface area (Å²) < 4.78 is 1.92. The van der Waals surface area contributed by atoms with E-state index in [2.05, 4.69) is 6.92 Å². The topological polar surface area (TPSA) is 68.2 Å². The van der Waals surface area contributed by atoms with Gasteiger partial charge in [0, 0.05) is 29.5 Å². The second-order valence-electron chi connectivity index (χ2n) is 8.06. The number of nitrogens with two attached hydrogens (primary N) is 1. The Bertz CT molecular complexity index is 868. The van der Waals surface area contributed by atoms with E-state index in [0.29, 0.717) is 18.3 Å². The number of fused-ring (bicyclic) bond motifs is 3. The summed E-state index contributed by atoms with van der Waals surface area (Å²) in [5, 5.41) is 11.3. The van der Waals surface area contributed by atoms with Gasteiger partial charge >= 0.3 is 0 Å². The normalized spacial score (nSPS) is 34.4. The lowest BCUT2D eigenvalue weighted by Gasteiger charge is -2.54. The van der Waals surface area contributed by atoms with Crippen molar-refractivity contribution in [2.75, 3.05) is 0 Å². The van der Waals surface area contributed by atoms with Crippen LogP contribution in [0.25, 0.3) is 10.9 Å². The van der Waals surface area contributed by atoms with Crippen molar-refractivity contribution in [2.24, 2.45) is 17.1 Å². The van der Waals surface area contributed by atoms with E-state index in [1.165, 1.54) is 12.1 Å². The van der Waals surface area contributed by atoms with Crippen LogP contribution < -0.4 is 5.73 Å². The summed E-state index contributed by atoms with van der Waals surface area (Å²) >= 11 is 0. The Morgan fingerprint density at radius 3 is 3.04 bits per heavy atom. The van der Waals surface area contributed by atoms with Crippen LogP contribution in [0.5, 0.6) is 5.75 Å². The molecule has 3 aliphatic rings. The molecule has 0 amide bonds. The SMILES string of the molecule is CC[C@@]12CCC[C@H]3[C@H](N)Cc4c(n(c5cccc(O)c45)C(=O)C1)[C@H]32. The van der Waals surface area contributed by atoms with E-state index in [-0.39, 0.29) is 23.1 Å². The summed E-state index contributed by atoms with van der Waals surface area (Å²) in [5.41, 5.74) is 9.85. The Kier molecular flexibility index (Phi) is 2.80. The average Bonchev–Trinajstić information content (AvgIpc) is 2.91. The van der Waals surface area contributed by atoms with E-state index in [1.807, 2.05) is 16.7 Å². The molecule has 4 nitrogen and oxygen atoms in total. The lowest BCUT2D eigenvalue weighted by molar-refractivity contribution is 0.0328. The van der Waals surface area contributed by atoms with Crippen molar-refractivity contribution in [2.45, 2.75) is 57.4 Å². The highest BCUT2D eigenvalue weighted by Gasteiger charge is 2.55. The fourth-order valence-corrected chi connectivity index (χ4v) is 6.13. The molecule has 4 atom stereocenters. The Morgan fingerprint density at radius 1 is 1.42 bits per heavy atom. The van der Waals surface area contributed by atoms with Gasteiger partial charge in [-0.15, -0.1) is 0 Å². The first-order chi connectivity index (χ1) is 11.6. The first-order valence-electron chi connectivity index (χ1n) is 9.21. The van der Waals surface area contributed by atoms with Crippen molar-refractivity contribution >= 4 is 16.8 Å². The van der Waals surface area contributed by atoms with Crippen molar-refractivity contribution in [3.05, 3.63) is 29.5 Å². The second-order valence-corrected chi connectivity index (χ2v) is 8.06. The van der Waals surface area contributed by atoms with E-state index in [1.54, 1.807) is 6.07 Å². The van der Waals surface area contributed by atoms with Crippen LogP contribution in [0.3, 0.4) is 0 Å². The molecule has 3 N–H and O–H groups in total. The molecule has 1 fully saturated rings. The van der Waals surface area contributed by atoms with Gasteiger partial charge in [-0.1, -0.05) is 19.4 Å².